The number of anilines is 1. The van der Waals surface area contributed by atoms with Gasteiger partial charge in [-0.1, -0.05) is 34.1 Å². The predicted octanol–water partition coefficient (Wildman–Crippen LogP) is 4.41. The third-order valence-electron chi connectivity index (χ3n) is 3.25. The van der Waals surface area contributed by atoms with Crippen LogP contribution in [0.2, 0.25) is 0 Å². The van der Waals surface area contributed by atoms with Crippen molar-refractivity contribution in [1.29, 1.82) is 0 Å². The van der Waals surface area contributed by atoms with E-state index < -0.39 is 0 Å². The van der Waals surface area contributed by atoms with Crippen LogP contribution < -0.4 is 5.32 Å². The van der Waals surface area contributed by atoms with Crippen LogP contribution >= 0.6 is 27.7 Å². The molecule has 1 amide bonds. The minimum Gasteiger partial charge on any atom is -0.325 e. The maximum absolute atomic E-state index is 12.4. The number of hydrogen-bond donors (Lipinski definition) is 1. The van der Waals surface area contributed by atoms with Gasteiger partial charge < -0.3 is 5.32 Å². The Labute approximate surface area is 131 Å². The van der Waals surface area contributed by atoms with Gasteiger partial charge >= 0.3 is 0 Å². The van der Waals surface area contributed by atoms with Gasteiger partial charge in [0, 0.05) is 15.1 Å². The third-order valence-corrected chi connectivity index (χ3v) is 5.02. The first kappa shape index (κ1) is 13.7. The summed E-state index contributed by atoms with van der Waals surface area (Å²) in [4.78, 5) is 13.6. The largest absolute Gasteiger partial charge is 0.325 e. The molecule has 0 saturated carbocycles. The highest BCUT2D eigenvalue weighted by Gasteiger charge is 2.27. The fourth-order valence-corrected chi connectivity index (χ4v) is 4.16. The molecular formula is C16H14BrNOS. The molecule has 1 unspecified atom stereocenters. The molecule has 1 aliphatic heterocycles. The lowest BCUT2D eigenvalue weighted by Gasteiger charge is -2.11. The maximum atomic E-state index is 12.4. The van der Waals surface area contributed by atoms with Gasteiger partial charge in [0.15, 0.2) is 0 Å². The van der Waals surface area contributed by atoms with Crippen molar-refractivity contribution in [3.63, 3.8) is 0 Å². The van der Waals surface area contributed by atoms with Crippen molar-refractivity contribution >= 4 is 39.3 Å². The first-order valence-electron chi connectivity index (χ1n) is 6.44. The molecule has 1 atom stereocenters. The number of halogens is 1. The van der Waals surface area contributed by atoms with Crippen molar-refractivity contribution in [2.75, 3.05) is 5.32 Å². The number of thioether (sulfide) groups is 1. The first-order chi connectivity index (χ1) is 9.61. The van der Waals surface area contributed by atoms with E-state index in [0.29, 0.717) is 0 Å². The second-order valence-electron chi connectivity index (χ2n) is 4.92. The minimum atomic E-state index is -0.0355. The number of fused-ring (bicyclic) bond motifs is 1. The Morgan fingerprint density at radius 1 is 1.30 bits per heavy atom. The van der Waals surface area contributed by atoms with Crippen LogP contribution in [0.5, 0.6) is 0 Å². The molecule has 0 radical (unpaired) electrons. The van der Waals surface area contributed by atoms with E-state index >= 15 is 0 Å². The van der Waals surface area contributed by atoms with Gasteiger partial charge in [-0.3, -0.25) is 4.79 Å². The summed E-state index contributed by atoms with van der Waals surface area (Å²) < 4.78 is 0.982. The van der Waals surface area contributed by atoms with Gasteiger partial charge in [-0.25, -0.2) is 0 Å². The molecular weight excluding hydrogens is 334 g/mol. The van der Waals surface area contributed by atoms with E-state index in [4.69, 9.17) is 0 Å². The highest BCUT2D eigenvalue weighted by molar-refractivity contribution is 9.10. The second-order valence-corrected chi connectivity index (χ2v) is 7.09. The molecule has 1 N–H and O–H groups in total. The molecule has 2 aromatic rings. The van der Waals surface area contributed by atoms with Gasteiger partial charge in [-0.15, -0.1) is 11.8 Å². The third kappa shape index (κ3) is 2.91. The van der Waals surface area contributed by atoms with Crippen LogP contribution in [0, 0.1) is 6.92 Å². The van der Waals surface area contributed by atoms with Crippen molar-refractivity contribution in [2.45, 2.75) is 23.5 Å². The monoisotopic (exact) mass is 347 g/mol. The van der Waals surface area contributed by atoms with Gasteiger partial charge in [0.2, 0.25) is 5.91 Å². The van der Waals surface area contributed by atoms with Gasteiger partial charge in [0.25, 0.3) is 0 Å². The molecule has 0 aliphatic carbocycles. The lowest BCUT2D eigenvalue weighted by molar-refractivity contribution is -0.115. The Bertz CT molecular complexity index is 626. The van der Waals surface area contributed by atoms with Crippen molar-refractivity contribution in [1.82, 2.24) is 0 Å². The van der Waals surface area contributed by atoms with Crippen LogP contribution in [0.15, 0.2) is 51.8 Å². The Kier molecular flexibility index (Phi) is 3.85. The fourth-order valence-electron chi connectivity index (χ4n) is 2.36. The van der Waals surface area contributed by atoms with E-state index in [1.54, 1.807) is 11.8 Å². The topological polar surface area (TPSA) is 29.1 Å². The Balaban J connectivity index is 1.72. The van der Waals surface area contributed by atoms with E-state index in [2.05, 4.69) is 33.4 Å². The van der Waals surface area contributed by atoms with E-state index in [1.807, 2.05) is 37.3 Å². The average molecular weight is 348 g/mol. The Hall–Kier alpha value is -1.26. The van der Waals surface area contributed by atoms with E-state index in [1.165, 1.54) is 10.5 Å². The number of hydrogen-bond acceptors (Lipinski definition) is 2. The Morgan fingerprint density at radius 3 is 2.85 bits per heavy atom. The smallest absolute Gasteiger partial charge is 0.238 e. The summed E-state index contributed by atoms with van der Waals surface area (Å²) in [6.07, 6.45) is 0.805. The van der Waals surface area contributed by atoms with Crippen molar-refractivity contribution in [2.24, 2.45) is 0 Å². The fraction of sp³-hybridized carbons (Fsp3) is 0.188. The molecule has 1 aliphatic rings. The molecule has 3 rings (SSSR count). The van der Waals surface area contributed by atoms with Crippen molar-refractivity contribution < 1.29 is 4.79 Å². The normalized spacial score (nSPS) is 16.8. The van der Waals surface area contributed by atoms with E-state index in [0.717, 1.165) is 22.1 Å². The van der Waals surface area contributed by atoms with Gasteiger partial charge in [-0.05, 0) is 48.7 Å². The van der Waals surface area contributed by atoms with E-state index in [-0.39, 0.29) is 11.2 Å². The highest BCUT2D eigenvalue weighted by Crippen LogP contribution is 2.37. The predicted molar refractivity (Wildman–Crippen MR) is 87.3 cm³/mol. The molecule has 0 fully saturated rings. The van der Waals surface area contributed by atoms with Crippen molar-refractivity contribution in [3.8, 4) is 0 Å². The number of amides is 1. The first-order valence-corrected chi connectivity index (χ1v) is 8.12. The highest BCUT2D eigenvalue weighted by atomic mass is 79.9. The standard InChI is InChI=1S/C16H14BrNOS/c1-10-6-12(17)9-13(7-10)18-16(19)15-8-11-4-2-3-5-14(11)20-15/h2-7,9,15H,8H2,1H3,(H,18,19). The number of carbonyl (C=O) groups excluding carboxylic acids is 1. The lowest BCUT2D eigenvalue weighted by Crippen LogP contribution is -2.24. The van der Waals surface area contributed by atoms with Crippen LogP contribution in [-0.2, 0) is 11.2 Å². The summed E-state index contributed by atoms with van der Waals surface area (Å²) in [6, 6.07) is 14.2. The van der Waals surface area contributed by atoms with Crippen LogP contribution in [0.4, 0.5) is 5.69 Å². The van der Waals surface area contributed by atoms with Crippen LogP contribution in [-0.4, -0.2) is 11.2 Å². The summed E-state index contributed by atoms with van der Waals surface area (Å²) in [6.45, 7) is 2.01. The van der Waals surface area contributed by atoms with Gasteiger partial charge in [-0.2, -0.15) is 0 Å². The SMILES string of the molecule is Cc1cc(Br)cc(NC(=O)C2Cc3ccccc3S2)c1. The summed E-state index contributed by atoms with van der Waals surface area (Å²) in [5, 5.41) is 2.98. The number of rotatable bonds is 2. The molecule has 0 bridgehead atoms. The molecule has 2 nitrogen and oxygen atoms in total. The number of benzene rings is 2. The van der Waals surface area contributed by atoms with E-state index in [9.17, 15) is 4.79 Å². The molecule has 0 aromatic heterocycles. The van der Waals surface area contributed by atoms with Crippen molar-refractivity contribution in [3.05, 3.63) is 58.1 Å². The number of carbonyl (C=O) groups is 1. The molecule has 0 saturated heterocycles. The Morgan fingerprint density at radius 2 is 2.10 bits per heavy atom. The van der Waals surface area contributed by atoms with Crippen LogP contribution in [0.1, 0.15) is 11.1 Å². The maximum Gasteiger partial charge on any atom is 0.238 e. The molecule has 0 spiro atoms. The molecule has 2 aromatic carbocycles. The minimum absolute atomic E-state index is 0.0355. The number of nitrogens with one attached hydrogen (secondary N) is 1. The second kappa shape index (κ2) is 5.62. The summed E-state index contributed by atoms with van der Waals surface area (Å²) >= 11 is 5.10. The molecule has 102 valence electrons. The summed E-state index contributed by atoms with van der Waals surface area (Å²) in [7, 11) is 0. The zero-order valence-corrected chi connectivity index (χ0v) is 13.4. The average Bonchev–Trinajstić information content (AvgIpc) is 2.81. The summed E-state index contributed by atoms with van der Waals surface area (Å²) in [5.41, 5.74) is 3.23. The van der Waals surface area contributed by atoms with Crippen LogP contribution in [0.25, 0.3) is 0 Å². The molecule has 1 heterocycles. The zero-order chi connectivity index (χ0) is 14.1. The van der Waals surface area contributed by atoms with Crippen LogP contribution in [0.3, 0.4) is 0 Å². The molecule has 4 heteroatoms. The summed E-state index contributed by atoms with van der Waals surface area (Å²) in [5.74, 6) is 0.0729. The van der Waals surface area contributed by atoms with Gasteiger partial charge in [0.1, 0.15) is 0 Å². The van der Waals surface area contributed by atoms with Gasteiger partial charge in [0.05, 0.1) is 5.25 Å². The molecule has 20 heavy (non-hydrogen) atoms. The number of aryl methyl sites for hydroxylation is 1. The quantitative estimate of drug-likeness (QED) is 0.871. The lowest BCUT2D eigenvalue weighted by atomic mass is 10.1. The zero-order valence-electron chi connectivity index (χ0n) is 11.0.